The number of carbonyl (C=O) groups is 1. The number of hydrogen-bond donors (Lipinski definition) is 4. The number of nitrogens with zero attached hydrogens (tertiary/aromatic N) is 3. The second kappa shape index (κ2) is 12.3. The topological polar surface area (TPSA) is 132 Å². The summed E-state index contributed by atoms with van der Waals surface area (Å²) in [7, 11) is 0. The first kappa shape index (κ1) is 26.8. The van der Waals surface area contributed by atoms with Crippen molar-refractivity contribution in [3.63, 3.8) is 0 Å². The number of carboxylic acid groups (broad SMARTS) is 1. The van der Waals surface area contributed by atoms with Crippen LogP contribution in [0, 0.1) is 23.7 Å². The molecular weight excluding hydrogens is 468 g/mol. The van der Waals surface area contributed by atoms with E-state index in [-0.39, 0.29) is 12.5 Å². The molecule has 0 amide bonds. The van der Waals surface area contributed by atoms with E-state index in [4.69, 9.17) is 14.8 Å². The summed E-state index contributed by atoms with van der Waals surface area (Å²) in [5.41, 5.74) is 2.53. The van der Waals surface area contributed by atoms with Crippen molar-refractivity contribution in [2.75, 3.05) is 30.4 Å². The minimum Gasteiger partial charge on any atom is -0.481 e. The second-order valence-corrected chi connectivity index (χ2v) is 10.5. The quantitative estimate of drug-likeness (QED) is 0.371. The summed E-state index contributed by atoms with van der Waals surface area (Å²) in [6.45, 7) is 5.77. The average molecular weight is 507 g/mol. The highest BCUT2D eigenvalue weighted by atomic mass is 16.5. The predicted molar refractivity (Wildman–Crippen MR) is 143 cm³/mol. The third kappa shape index (κ3) is 7.40. The Hall–Kier alpha value is -3.22. The van der Waals surface area contributed by atoms with E-state index in [0.29, 0.717) is 31.8 Å². The van der Waals surface area contributed by atoms with Crippen LogP contribution in [0.5, 0.6) is 0 Å². The minimum atomic E-state index is -0.766. The van der Waals surface area contributed by atoms with Gasteiger partial charge in [0.25, 0.3) is 0 Å². The summed E-state index contributed by atoms with van der Waals surface area (Å²) in [5.74, 6) is 0.826. The molecule has 1 aliphatic carbocycles. The first-order valence-corrected chi connectivity index (χ1v) is 13.3. The van der Waals surface area contributed by atoms with Crippen molar-refractivity contribution in [2.45, 2.75) is 76.9 Å². The van der Waals surface area contributed by atoms with Gasteiger partial charge in [-0.1, -0.05) is 6.07 Å². The molecule has 2 aromatic rings. The molecule has 37 heavy (non-hydrogen) atoms. The van der Waals surface area contributed by atoms with Crippen LogP contribution < -0.4 is 16.0 Å². The van der Waals surface area contributed by atoms with Gasteiger partial charge in [0.1, 0.15) is 11.6 Å². The zero-order valence-electron chi connectivity index (χ0n) is 21.8. The number of aryl methyl sites for hydroxylation is 1. The van der Waals surface area contributed by atoms with E-state index in [1.54, 1.807) is 0 Å². The summed E-state index contributed by atoms with van der Waals surface area (Å²) in [4.78, 5) is 20.4. The molecule has 1 saturated carbocycles. The number of pyridine rings is 2. The predicted octanol–water partition coefficient (Wildman–Crippen LogP) is 4.36. The SMILES string of the molecule is Cc1cnc(N[C@H]2CC[C@H](N[C@@H](C)CC(=O)O)CC2)cc1-c1cccc(NCC2(C#N)CCOCC2)n1. The summed E-state index contributed by atoms with van der Waals surface area (Å²) in [6, 6.07) is 11.2. The number of aliphatic carboxylic acids is 1. The molecule has 198 valence electrons. The summed E-state index contributed by atoms with van der Waals surface area (Å²) < 4.78 is 5.44. The van der Waals surface area contributed by atoms with Crippen LogP contribution in [0.2, 0.25) is 0 Å². The van der Waals surface area contributed by atoms with E-state index < -0.39 is 11.4 Å². The highest BCUT2D eigenvalue weighted by Gasteiger charge is 2.32. The van der Waals surface area contributed by atoms with Crippen molar-refractivity contribution in [3.8, 4) is 17.3 Å². The number of anilines is 2. The summed E-state index contributed by atoms with van der Waals surface area (Å²) >= 11 is 0. The molecule has 2 aliphatic rings. The molecular formula is C28H38N6O3. The maximum absolute atomic E-state index is 10.9. The minimum absolute atomic E-state index is 0.0202. The Labute approximate surface area is 219 Å². The largest absolute Gasteiger partial charge is 0.481 e. The lowest BCUT2D eigenvalue weighted by molar-refractivity contribution is -0.137. The van der Waals surface area contributed by atoms with Crippen molar-refractivity contribution < 1.29 is 14.6 Å². The van der Waals surface area contributed by atoms with Gasteiger partial charge in [0.15, 0.2) is 0 Å². The third-order valence-electron chi connectivity index (χ3n) is 7.50. The fraction of sp³-hybridized carbons (Fsp3) is 0.571. The van der Waals surface area contributed by atoms with Crippen molar-refractivity contribution >= 4 is 17.6 Å². The van der Waals surface area contributed by atoms with Crippen LogP contribution in [0.1, 0.15) is 57.4 Å². The van der Waals surface area contributed by atoms with Crippen LogP contribution in [0.25, 0.3) is 11.3 Å². The van der Waals surface area contributed by atoms with Gasteiger partial charge in [-0.15, -0.1) is 0 Å². The van der Waals surface area contributed by atoms with E-state index in [1.807, 2.05) is 38.2 Å². The second-order valence-electron chi connectivity index (χ2n) is 10.5. The Morgan fingerprint density at radius 2 is 1.95 bits per heavy atom. The molecule has 2 aromatic heterocycles. The van der Waals surface area contributed by atoms with Gasteiger partial charge in [-0.3, -0.25) is 4.79 Å². The molecule has 2 fully saturated rings. The highest BCUT2D eigenvalue weighted by Crippen LogP contribution is 2.31. The number of ether oxygens (including phenoxy) is 1. The average Bonchev–Trinajstić information content (AvgIpc) is 2.90. The molecule has 9 nitrogen and oxygen atoms in total. The van der Waals surface area contributed by atoms with Crippen LogP contribution in [0.4, 0.5) is 11.6 Å². The molecule has 1 saturated heterocycles. The normalized spacial score (nSPS) is 22.0. The summed E-state index contributed by atoms with van der Waals surface area (Å²) in [6.07, 6.45) is 7.51. The molecule has 0 spiro atoms. The van der Waals surface area contributed by atoms with Gasteiger partial charge in [0.05, 0.1) is 23.6 Å². The Bertz CT molecular complexity index is 1100. The first-order chi connectivity index (χ1) is 17.9. The fourth-order valence-corrected chi connectivity index (χ4v) is 5.25. The van der Waals surface area contributed by atoms with Gasteiger partial charge in [-0.05, 0) is 76.1 Å². The fourth-order valence-electron chi connectivity index (χ4n) is 5.25. The van der Waals surface area contributed by atoms with E-state index >= 15 is 0 Å². The third-order valence-corrected chi connectivity index (χ3v) is 7.50. The standard InChI is InChI=1S/C28H38N6O3/c1-19-16-30-26(33-22-8-6-21(7-9-22)32-20(2)14-27(35)36)15-23(19)24-4-3-5-25(34-24)31-18-28(17-29)10-12-37-13-11-28/h3-5,15-16,20-22,32H,6-14,18H2,1-2H3,(H,30,33)(H,31,34)(H,35,36)/t20-,21-,22-/m0/s1. The zero-order chi connectivity index (χ0) is 26.3. The van der Waals surface area contributed by atoms with Gasteiger partial charge < -0.3 is 25.8 Å². The van der Waals surface area contributed by atoms with Crippen LogP contribution in [-0.4, -0.2) is 58.9 Å². The van der Waals surface area contributed by atoms with Gasteiger partial charge in [-0.25, -0.2) is 9.97 Å². The van der Waals surface area contributed by atoms with Gasteiger partial charge in [0.2, 0.25) is 0 Å². The van der Waals surface area contributed by atoms with E-state index in [0.717, 1.165) is 67.0 Å². The Kier molecular flexibility index (Phi) is 8.95. The number of nitriles is 1. The van der Waals surface area contributed by atoms with E-state index in [1.165, 1.54) is 0 Å². The molecule has 1 atom stereocenters. The lowest BCUT2D eigenvalue weighted by Gasteiger charge is -2.31. The molecule has 0 unspecified atom stereocenters. The zero-order valence-corrected chi connectivity index (χ0v) is 21.8. The van der Waals surface area contributed by atoms with Gasteiger partial charge in [0, 0.05) is 49.6 Å². The van der Waals surface area contributed by atoms with E-state index in [2.05, 4.69) is 33.1 Å². The summed E-state index contributed by atoms with van der Waals surface area (Å²) in [5, 5.41) is 29.1. The van der Waals surface area contributed by atoms with Gasteiger partial charge in [-0.2, -0.15) is 5.26 Å². The lowest BCUT2D eigenvalue weighted by Crippen LogP contribution is -2.42. The van der Waals surface area contributed by atoms with E-state index in [9.17, 15) is 10.1 Å². The lowest BCUT2D eigenvalue weighted by atomic mass is 9.82. The molecule has 0 aromatic carbocycles. The van der Waals surface area contributed by atoms with Crippen molar-refractivity contribution in [1.82, 2.24) is 15.3 Å². The Morgan fingerprint density at radius 3 is 2.65 bits per heavy atom. The van der Waals surface area contributed by atoms with Gasteiger partial charge >= 0.3 is 5.97 Å². The molecule has 4 N–H and O–H groups in total. The van der Waals surface area contributed by atoms with Crippen molar-refractivity contribution in [1.29, 1.82) is 5.26 Å². The maximum Gasteiger partial charge on any atom is 0.304 e. The molecule has 9 heteroatoms. The monoisotopic (exact) mass is 506 g/mol. The molecule has 4 rings (SSSR count). The number of hydrogen-bond acceptors (Lipinski definition) is 8. The van der Waals surface area contributed by atoms with Crippen molar-refractivity contribution in [3.05, 3.63) is 36.0 Å². The van der Waals surface area contributed by atoms with Crippen LogP contribution in [-0.2, 0) is 9.53 Å². The van der Waals surface area contributed by atoms with Crippen LogP contribution in [0.3, 0.4) is 0 Å². The molecule has 1 aliphatic heterocycles. The molecule has 0 radical (unpaired) electrons. The van der Waals surface area contributed by atoms with Crippen LogP contribution >= 0.6 is 0 Å². The Morgan fingerprint density at radius 1 is 1.22 bits per heavy atom. The number of nitrogens with one attached hydrogen (secondary N) is 3. The highest BCUT2D eigenvalue weighted by molar-refractivity contribution is 5.68. The maximum atomic E-state index is 10.9. The molecule has 3 heterocycles. The van der Waals surface area contributed by atoms with Crippen LogP contribution in [0.15, 0.2) is 30.5 Å². The first-order valence-electron chi connectivity index (χ1n) is 13.3. The Balaban J connectivity index is 1.36. The number of carboxylic acids is 1. The number of rotatable bonds is 10. The molecule has 0 bridgehead atoms. The number of aromatic nitrogens is 2. The smallest absolute Gasteiger partial charge is 0.304 e. The van der Waals surface area contributed by atoms with Crippen molar-refractivity contribution in [2.24, 2.45) is 5.41 Å².